The number of benzene rings is 10. The average Bonchev–Trinajstić information content (AvgIpc) is 3.87. The summed E-state index contributed by atoms with van der Waals surface area (Å²) in [5.41, 5.74) is 17.5. The van der Waals surface area contributed by atoms with E-state index in [0.717, 1.165) is 34.0 Å². The molecule has 0 aliphatic rings. The maximum absolute atomic E-state index is 2.40. The second-order valence-corrected chi connectivity index (χ2v) is 16.2. The molecule has 0 saturated heterocycles. The predicted octanol–water partition coefficient (Wildman–Crippen LogP) is 16.4. The predicted molar refractivity (Wildman–Crippen MR) is 266 cm³/mol. The first-order chi connectivity index (χ1) is 31.2. The zero-order valence-electron chi connectivity index (χ0n) is 34.5. The highest BCUT2D eigenvalue weighted by Gasteiger charge is 2.18. The molecule has 2 heterocycles. The molecular weight excluding hydrogens is 763 g/mol. The fourth-order valence-corrected chi connectivity index (χ4v) is 9.53. The number of anilines is 3. The highest BCUT2D eigenvalue weighted by molar-refractivity contribution is 6.13. The van der Waals surface area contributed by atoms with Crippen molar-refractivity contribution >= 4 is 60.7 Å². The van der Waals surface area contributed by atoms with Crippen molar-refractivity contribution in [2.24, 2.45) is 0 Å². The van der Waals surface area contributed by atoms with Crippen LogP contribution in [0, 0.1) is 0 Å². The van der Waals surface area contributed by atoms with Gasteiger partial charge in [0.25, 0.3) is 0 Å². The molecule has 3 nitrogen and oxygen atoms in total. The summed E-state index contributed by atoms with van der Waals surface area (Å²) in [4.78, 5) is 2.35. The first kappa shape index (κ1) is 36.5. The van der Waals surface area contributed by atoms with Gasteiger partial charge >= 0.3 is 0 Å². The Morgan fingerprint density at radius 3 is 1.14 bits per heavy atom. The lowest BCUT2D eigenvalue weighted by molar-refractivity contribution is 1.18. The quantitative estimate of drug-likeness (QED) is 0.149. The molecule has 0 unspecified atom stereocenters. The third-order valence-electron chi connectivity index (χ3n) is 12.5. The molecule has 0 saturated carbocycles. The third-order valence-corrected chi connectivity index (χ3v) is 12.5. The Hall–Kier alpha value is -8.40. The molecule has 0 radical (unpaired) electrons. The standard InChI is InChI=1S/C60H41N3/c1-5-16-42(17-6-1)43-28-33-51(34-29-43)61(48-19-7-2-8-20-48)52-25-15-18-44(38-52)45-30-36-59-55(40-45)56-41-47(32-37-60(56)63(59)50-23-11-4-12-24-50)46-31-35-58-54(39-46)53-26-13-14-27-57(53)62(58)49-21-9-3-10-22-49/h1-41H. The van der Waals surface area contributed by atoms with Gasteiger partial charge in [0.15, 0.2) is 0 Å². The second kappa shape index (κ2) is 15.3. The smallest absolute Gasteiger partial charge is 0.0541 e. The van der Waals surface area contributed by atoms with Crippen molar-refractivity contribution in [1.29, 1.82) is 0 Å². The van der Waals surface area contributed by atoms with Crippen LogP contribution in [0.3, 0.4) is 0 Å². The van der Waals surface area contributed by atoms with Gasteiger partial charge in [-0.2, -0.15) is 0 Å². The van der Waals surface area contributed by atoms with Crippen LogP contribution in [-0.2, 0) is 0 Å². The summed E-state index contributed by atoms with van der Waals surface area (Å²) in [6.07, 6.45) is 0. The summed E-state index contributed by atoms with van der Waals surface area (Å²) in [7, 11) is 0. The van der Waals surface area contributed by atoms with Crippen molar-refractivity contribution in [3.8, 4) is 44.8 Å². The van der Waals surface area contributed by atoms with Crippen molar-refractivity contribution in [2.75, 3.05) is 4.90 Å². The number of hydrogen-bond donors (Lipinski definition) is 0. The van der Waals surface area contributed by atoms with E-state index in [2.05, 4.69) is 263 Å². The van der Waals surface area contributed by atoms with Gasteiger partial charge in [0, 0.05) is 50.0 Å². The summed E-state index contributed by atoms with van der Waals surface area (Å²) in [6.45, 7) is 0. The molecule has 0 atom stereocenters. The Bertz CT molecular complexity index is 3590. The Balaban J connectivity index is 0.990. The normalized spacial score (nSPS) is 11.5. The minimum absolute atomic E-state index is 1.10. The van der Waals surface area contributed by atoms with Crippen molar-refractivity contribution in [3.63, 3.8) is 0 Å². The fraction of sp³-hybridized carbons (Fsp3) is 0. The van der Waals surface area contributed by atoms with Gasteiger partial charge in [-0.05, 0) is 137 Å². The highest BCUT2D eigenvalue weighted by atomic mass is 15.1. The van der Waals surface area contributed by atoms with Crippen molar-refractivity contribution in [3.05, 3.63) is 249 Å². The molecule has 2 aromatic heterocycles. The molecule has 63 heavy (non-hydrogen) atoms. The molecule has 0 aliphatic carbocycles. The van der Waals surface area contributed by atoms with Gasteiger partial charge < -0.3 is 14.0 Å². The van der Waals surface area contributed by atoms with Gasteiger partial charge in [-0.3, -0.25) is 0 Å². The van der Waals surface area contributed by atoms with Gasteiger partial charge in [-0.1, -0.05) is 146 Å². The van der Waals surface area contributed by atoms with E-state index < -0.39 is 0 Å². The molecule has 10 aromatic carbocycles. The number of nitrogens with zero attached hydrogens (tertiary/aromatic N) is 3. The van der Waals surface area contributed by atoms with Crippen LogP contribution in [0.2, 0.25) is 0 Å². The van der Waals surface area contributed by atoms with Gasteiger partial charge in [0.05, 0.1) is 22.1 Å². The molecule has 296 valence electrons. The first-order valence-corrected chi connectivity index (χ1v) is 21.6. The Kier molecular flexibility index (Phi) is 8.83. The number of para-hydroxylation sites is 4. The van der Waals surface area contributed by atoms with Crippen molar-refractivity contribution in [1.82, 2.24) is 9.13 Å². The van der Waals surface area contributed by atoms with Crippen LogP contribution in [0.15, 0.2) is 249 Å². The van der Waals surface area contributed by atoms with Gasteiger partial charge in [0.2, 0.25) is 0 Å². The zero-order chi connectivity index (χ0) is 41.7. The van der Waals surface area contributed by atoms with E-state index in [9.17, 15) is 0 Å². The SMILES string of the molecule is c1ccc(-c2ccc(N(c3ccccc3)c3cccc(-c4ccc5c(c4)c4cc(-c6ccc7c(c6)c6ccccc6n7-c6ccccc6)ccc4n5-c4ccccc4)c3)cc2)cc1. The molecule has 0 aliphatic heterocycles. The summed E-state index contributed by atoms with van der Waals surface area (Å²) in [5, 5.41) is 4.94. The molecule has 0 spiro atoms. The summed E-state index contributed by atoms with van der Waals surface area (Å²) in [6, 6.07) is 90.1. The molecule has 12 aromatic rings. The lowest BCUT2D eigenvalue weighted by Crippen LogP contribution is -2.09. The Morgan fingerprint density at radius 1 is 0.222 bits per heavy atom. The van der Waals surface area contributed by atoms with E-state index in [4.69, 9.17) is 0 Å². The van der Waals surface area contributed by atoms with Crippen LogP contribution in [0.1, 0.15) is 0 Å². The van der Waals surface area contributed by atoms with E-state index in [0.29, 0.717) is 0 Å². The van der Waals surface area contributed by atoms with E-state index in [1.807, 2.05) is 0 Å². The Labute approximate surface area is 366 Å². The van der Waals surface area contributed by atoms with E-state index >= 15 is 0 Å². The zero-order valence-corrected chi connectivity index (χ0v) is 34.5. The summed E-state index contributed by atoms with van der Waals surface area (Å²) < 4.78 is 4.78. The maximum Gasteiger partial charge on any atom is 0.0541 e. The number of fused-ring (bicyclic) bond motifs is 6. The number of rotatable bonds is 8. The number of hydrogen-bond acceptors (Lipinski definition) is 1. The van der Waals surface area contributed by atoms with Crippen LogP contribution in [0.25, 0.3) is 88.4 Å². The second-order valence-electron chi connectivity index (χ2n) is 16.2. The fourth-order valence-electron chi connectivity index (χ4n) is 9.53. The van der Waals surface area contributed by atoms with Crippen molar-refractivity contribution < 1.29 is 0 Å². The minimum Gasteiger partial charge on any atom is -0.310 e. The van der Waals surface area contributed by atoms with E-state index in [1.165, 1.54) is 71.4 Å². The highest BCUT2D eigenvalue weighted by Crippen LogP contribution is 2.41. The molecule has 12 rings (SSSR count). The first-order valence-electron chi connectivity index (χ1n) is 21.6. The van der Waals surface area contributed by atoms with Crippen LogP contribution >= 0.6 is 0 Å². The topological polar surface area (TPSA) is 13.1 Å². The summed E-state index contributed by atoms with van der Waals surface area (Å²) in [5.74, 6) is 0. The molecular formula is C60H41N3. The average molecular weight is 804 g/mol. The largest absolute Gasteiger partial charge is 0.310 e. The van der Waals surface area contributed by atoms with Gasteiger partial charge in [0.1, 0.15) is 0 Å². The third kappa shape index (κ3) is 6.38. The molecule has 0 N–H and O–H groups in total. The summed E-state index contributed by atoms with van der Waals surface area (Å²) >= 11 is 0. The maximum atomic E-state index is 2.40. The molecule has 0 bridgehead atoms. The number of aromatic nitrogens is 2. The van der Waals surface area contributed by atoms with Crippen LogP contribution in [0.5, 0.6) is 0 Å². The molecule has 0 fully saturated rings. The molecule has 3 heteroatoms. The van der Waals surface area contributed by atoms with Crippen LogP contribution in [0.4, 0.5) is 17.1 Å². The van der Waals surface area contributed by atoms with Crippen molar-refractivity contribution in [2.45, 2.75) is 0 Å². The van der Waals surface area contributed by atoms with Gasteiger partial charge in [-0.25, -0.2) is 0 Å². The monoisotopic (exact) mass is 803 g/mol. The van der Waals surface area contributed by atoms with Crippen LogP contribution in [-0.4, -0.2) is 9.13 Å². The lowest BCUT2D eigenvalue weighted by Gasteiger charge is -2.26. The van der Waals surface area contributed by atoms with E-state index in [1.54, 1.807) is 0 Å². The lowest BCUT2D eigenvalue weighted by atomic mass is 9.99. The minimum atomic E-state index is 1.10. The van der Waals surface area contributed by atoms with Gasteiger partial charge in [-0.15, -0.1) is 0 Å². The van der Waals surface area contributed by atoms with E-state index in [-0.39, 0.29) is 0 Å². The Morgan fingerprint density at radius 2 is 0.587 bits per heavy atom. The van der Waals surface area contributed by atoms with Crippen LogP contribution < -0.4 is 4.90 Å². The molecule has 0 amide bonds.